The van der Waals surface area contributed by atoms with Crippen LogP contribution in [0, 0.1) is 35.3 Å². The minimum Gasteiger partial charge on any atom is -0.363 e. The van der Waals surface area contributed by atoms with Crippen LogP contribution in [0.4, 0.5) is 17.1 Å². The number of rotatable bonds is 5. The van der Waals surface area contributed by atoms with Gasteiger partial charge in [-0.2, -0.15) is 5.26 Å². The van der Waals surface area contributed by atoms with Gasteiger partial charge in [0.25, 0.3) is 5.69 Å². The van der Waals surface area contributed by atoms with Crippen LogP contribution in [-0.4, -0.2) is 48.5 Å². The zero-order chi connectivity index (χ0) is 21.0. The maximum absolute atomic E-state index is 12.5. The predicted octanol–water partition coefficient (Wildman–Crippen LogP) is 2.84. The smallest absolute Gasteiger partial charge is 0.292 e. The van der Waals surface area contributed by atoms with Crippen molar-refractivity contribution in [3.63, 3.8) is 0 Å². The summed E-state index contributed by atoms with van der Waals surface area (Å²) in [6.45, 7) is 6.50. The molecular weight excluding hydrogens is 370 g/mol. The summed E-state index contributed by atoms with van der Waals surface area (Å²) in [5.41, 5.74) is 3.72. The first-order chi connectivity index (χ1) is 13.9. The van der Waals surface area contributed by atoms with Gasteiger partial charge >= 0.3 is 0 Å². The molecule has 29 heavy (non-hydrogen) atoms. The quantitative estimate of drug-likeness (QED) is 0.619. The molecule has 3 rings (SSSR count). The molecule has 1 heterocycles. The molecule has 8 heteroatoms. The Labute approximate surface area is 169 Å². The number of carbonyl (C=O) groups excluding carboxylic acids is 1. The second-order valence-corrected chi connectivity index (χ2v) is 7.15. The number of nitro groups is 1. The van der Waals surface area contributed by atoms with Crippen molar-refractivity contribution in [1.82, 2.24) is 4.90 Å². The lowest BCUT2D eigenvalue weighted by Gasteiger charge is -2.35. The number of amides is 1. The Bertz CT molecular complexity index is 955. The van der Waals surface area contributed by atoms with Gasteiger partial charge in [-0.25, -0.2) is 0 Å². The van der Waals surface area contributed by atoms with E-state index in [2.05, 4.69) is 5.32 Å². The number of nitrogens with one attached hydrogen (secondary N) is 1. The number of carbonyl (C=O) groups is 1. The Morgan fingerprint density at radius 1 is 1.17 bits per heavy atom. The number of anilines is 2. The average molecular weight is 393 g/mol. The maximum Gasteiger partial charge on any atom is 0.292 e. The number of hydrogen-bond acceptors (Lipinski definition) is 6. The van der Waals surface area contributed by atoms with E-state index < -0.39 is 4.92 Å². The fraction of sp³-hybridized carbons (Fsp3) is 0.333. The van der Waals surface area contributed by atoms with Crippen molar-refractivity contribution in [3.05, 3.63) is 63.2 Å². The number of piperazine rings is 1. The summed E-state index contributed by atoms with van der Waals surface area (Å²) in [7, 11) is 0. The number of nitrogens with zero attached hydrogens (tertiary/aromatic N) is 4. The van der Waals surface area contributed by atoms with E-state index in [1.807, 2.05) is 47.9 Å². The van der Waals surface area contributed by atoms with Gasteiger partial charge in [0.2, 0.25) is 5.91 Å². The number of benzene rings is 2. The fourth-order valence-corrected chi connectivity index (χ4v) is 3.54. The average Bonchev–Trinajstić information content (AvgIpc) is 2.71. The Morgan fingerprint density at radius 2 is 1.83 bits per heavy atom. The van der Waals surface area contributed by atoms with Crippen molar-refractivity contribution < 1.29 is 9.72 Å². The molecule has 8 nitrogen and oxygen atoms in total. The Kier molecular flexibility index (Phi) is 6.10. The van der Waals surface area contributed by atoms with Gasteiger partial charge in [-0.1, -0.05) is 18.2 Å². The van der Waals surface area contributed by atoms with Crippen LogP contribution in [0.3, 0.4) is 0 Å². The molecule has 1 N–H and O–H groups in total. The summed E-state index contributed by atoms with van der Waals surface area (Å²) in [6.07, 6.45) is 0. The molecule has 0 aliphatic carbocycles. The molecule has 0 atom stereocenters. The molecule has 0 radical (unpaired) electrons. The SMILES string of the molecule is Cc1cccc(C)c1NC(=O)CN1CCN(c2cc(C#N)ccc2[N+](=O)[O-])CC1. The molecular formula is C21H23N5O3. The first-order valence-electron chi connectivity index (χ1n) is 9.41. The van der Waals surface area contributed by atoms with E-state index in [1.54, 1.807) is 6.07 Å². The molecule has 1 aliphatic heterocycles. The van der Waals surface area contributed by atoms with Crippen molar-refractivity contribution in [2.24, 2.45) is 0 Å². The standard InChI is InChI=1S/C21H23N5O3/c1-15-4-3-5-16(2)21(15)23-20(27)14-24-8-10-25(11-9-24)19-12-17(13-22)6-7-18(19)26(28)29/h3-7,12H,8-11,14H2,1-2H3,(H,23,27). The third kappa shape index (κ3) is 4.70. The number of para-hydroxylation sites is 1. The lowest BCUT2D eigenvalue weighted by molar-refractivity contribution is -0.384. The van der Waals surface area contributed by atoms with Crippen molar-refractivity contribution in [2.45, 2.75) is 13.8 Å². The van der Waals surface area contributed by atoms with Crippen molar-refractivity contribution in [2.75, 3.05) is 42.9 Å². The van der Waals surface area contributed by atoms with Gasteiger partial charge in [0.05, 0.1) is 23.1 Å². The highest BCUT2D eigenvalue weighted by Gasteiger charge is 2.25. The summed E-state index contributed by atoms with van der Waals surface area (Å²) < 4.78 is 0. The van der Waals surface area contributed by atoms with Crippen LogP contribution in [0.2, 0.25) is 0 Å². The van der Waals surface area contributed by atoms with Crippen LogP contribution in [0.5, 0.6) is 0 Å². The fourth-order valence-electron chi connectivity index (χ4n) is 3.54. The molecule has 0 saturated carbocycles. The minimum atomic E-state index is -0.430. The van der Waals surface area contributed by atoms with E-state index >= 15 is 0 Å². The van der Waals surface area contributed by atoms with E-state index in [1.165, 1.54) is 12.1 Å². The molecule has 0 bridgehead atoms. The molecule has 1 saturated heterocycles. The monoisotopic (exact) mass is 393 g/mol. The van der Waals surface area contributed by atoms with Gasteiger partial charge in [0.1, 0.15) is 5.69 Å². The lowest BCUT2D eigenvalue weighted by atomic mass is 10.1. The third-order valence-electron chi connectivity index (χ3n) is 5.13. The minimum absolute atomic E-state index is 0.00905. The number of aryl methyl sites for hydroxylation is 2. The molecule has 1 amide bonds. The highest BCUT2D eigenvalue weighted by atomic mass is 16.6. The lowest BCUT2D eigenvalue weighted by Crippen LogP contribution is -2.48. The van der Waals surface area contributed by atoms with Crippen LogP contribution in [0.15, 0.2) is 36.4 Å². The molecule has 0 spiro atoms. The number of nitriles is 1. The highest BCUT2D eigenvalue weighted by Crippen LogP contribution is 2.30. The summed E-state index contributed by atoms with van der Waals surface area (Å²) in [4.78, 5) is 27.3. The van der Waals surface area contributed by atoms with Crippen LogP contribution >= 0.6 is 0 Å². The maximum atomic E-state index is 12.5. The molecule has 0 unspecified atom stereocenters. The zero-order valence-corrected chi connectivity index (χ0v) is 16.5. The summed E-state index contributed by atoms with van der Waals surface area (Å²) in [5.74, 6) is -0.0756. The van der Waals surface area contributed by atoms with Gasteiger partial charge in [-0.05, 0) is 37.1 Å². The molecule has 150 valence electrons. The predicted molar refractivity (Wildman–Crippen MR) is 111 cm³/mol. The largest absolute Gasteiger partial charge is 0.363 e. The van der Waals surface area contributed by atoms with E-state index in [0.717, 1.165) is 16.8 Å². The van der Waals surface area contributed by atoms with E-state index in [4.69, 9.17) is 5.26 Å². The highest BCUT2D eigenvalue weighted by molar-refractivity contribution is 5.93. The van der Waals surface area contributed by atoms with Gasteiger partial charge in [-0.15, -0.1) is 0 Å². The summed E-state index contributed by atoms with van der Waals surface area (Å²) in [6, 6.07) is 12.3. The second-order valence-electron chi connectivity index (χ2n) is 7.15. The van der Waals surface area contributed by atoms with Crippen molar-refractivity contribution in [3.8, 4) is 6.07 Å². The Balaban J connectivity index is 1.62. The van der Waals surface area contributed by atoms with Gasteiger partial charge in [0, 0.05) is 37.9 Å². The normalized spacial score (nSPS) is 14.3. The van der Waals surface area contributed by atoms with E-state index in [-0.39, 0.29) is 18.1 Å². The van der Waals surface area contributed by atoms with Crippen LogP contribution < -0.4 is 10.2 Å². The molecule has 1 aliphatic rings. The number of hydrogen-bond donors (Lipinski definition) is 1. The summed E-state index contributed by atoms with van der Waals surface area (Å²) >= 11 is 0. The van der Waals surface area contributed by atoms with Gasteiger partial charge < -0.3 is 10.2 Å². The molecule has 1 fully saturated rings. The van der Waals surface area contributed by atoms with Crippen LogP contribution in [-0.2, 0) is 4.79 Å². The molecule has 2 aromatic carbocycles. The second kappa shape index (κ2) is 8.71. The van der Waals surface area contributed by atoms with Crippen LogP contribution in [0.1, 0.15) is 16.7 Å². The molecule has 0 aromatic heterocycles. The van der Waals surface area contributed by atoms with Crippen LogP contribution in [0.25, 0.3) is 0 Å². The van der Waals surface area contributed by atoms with Gasteiger partial charge in [-0.3, -0.25) is 19.8 Å². The first-order valence-corrected chi connectivity index (χ1v) is 9.41. The van der Waals surface area contributed by atoms with Gasteiger partial charge in [0.15, 0.2) is 0 Å². The molecule has 2 aromatic rings. The van der Waals surface area contributed by atoms with Crippen molar-refractivity contribution in [1.29, 1.82) is 5.26 Å². The topological polar surface area (TPSA) is 103 Å². The van der Waals surface area contributed by atoms with Crippen molar-refractivity contribution >= 4 is 23.0 Å². The number of nitro benzene ring substituents is 1. The Morgan fingerprint density at radius 3 is 2.41 bits per heavy atom. The Hall–Kier alpha value is -3.44. The first kappa shape index (κ1) is 20.3. The van der Waals surface area contributed by atoms with E-state index in [9.17, 15) is 14.9 Å². The summed E-state index contributed by atoms with van der Waals surface area (Å²) in [5, 5.41) is 23.4. The third-order valence-corrected chi connectivity index (χ3v) is 5.13. The zero-order valence-electron chi connectivity index (χ0n) is 16.5. The van der Waals surface area contributed by atoms with E-state index in [0.29, 0.717) is 37.4 Å².